The van der Waals surface area contributed by atoms with Gasteiger partial charge in [0.25, 0.3) is 0 Å². The second kappa shape index (κ2) is 5.31. The number of hydrogen-bond donors (Lipinski definition) is 1. The van der Waals surface area contributed by atoms with E-state index in [4.69, 9.17) is 0 Å². The molecule has 1 N–H and O–H groups in total. The number of aryl methyl sites for hydroxylation is 2. The van der Waals surface area contributed by atoms with Gasteiger partial charge in [0.1, 0.15) is 0 Å². The van der Waals surface area contributed by atoms with Gasteiger partial charge in [-0.2, -0.15) is 5.10 Å². The summed E-state index contributed by atoms with van der Waals surface area (Å²) in [5, 5.41) is 7.94. The Morgan fingerprint density at radius 1 is 1.40 bits per heavy atom. The third kappa shape index (κ3) is 3.34. The number of rotatable bonds is 5. The summed E-state index contributed by atoms with van der Waals surface area (Å²) in [4.78, 5) is 0. The number of hydrogen-bond acceptors (Lipinski definition) is 2. The fourth-order valence-electron chi connectivity index (χ4n) is 1.41. The van der Waals surface area contributed by atoms with Crippen molar-refractivity contribution < 1.29 is 0 Å². The first kappa shape index (κ1) is 12.2. The molecule has 0 aliphatic carbocycles. The zero-order valence-electron chi connectivity index (χ0n) is 10.5. The van der Waals surface area contributed by atoms with Crippen LogP contribution in [-0.2, 0) is 20.0 Å². The predicted octanol–water partition coefficient (Wildman–Crippen LogP) is 2.12. The van der Waals surface area contributed by atoms with Crippen LogP contribution < -0.4 is 5.32 Å². The first-order valence-electron chi connectivity index (χ1n) is 5.79. The van der Waals surface area contributed by atoms with E-state index in [1.54, 1.807) is 0 Å². The van der Waals surface area contributed by atoms with Gasteiger partial charge in [0.2, 0.25) is 0 Å². The molecule has 0 spiro atoms. The van der Waals surface area contributed by atoms with Crippen molar-refractivity contribution in [3.8, 4) is 0 Å². The molecule has 1 heterocycles. The van der Waals surface area contributed by atoms with E-state index in [0.29, 0.717) is 12.0 Å². The topological polar surface area (TPSA) is 29.9 Å². The molecule has 86 valence electrons. The minimum atomic E-state index is 0.546. The van der Waals surface area contributed by atoms with Crippen molar-refractivity contribution in [3.05, 3.63) is 17.5 Å². The smallest absolute Gasteiger partial charge is 0.0625 e. The van der Waals surface area contributed by atoms with Crippen LogP contribution in [0.15, 0.2) is 6.07 Å². The van der Waals surface area contributed by atoms with Gasteiger partial charge in [-0.05, 0) is 25.3 Å². The number of nitrogens with one attached hydrogen (secondary N) is 1. The molecule has 15 heavy (non-hydrogen) atoms. The third-order valence-electron chi connectivity index (χ3n) is 2.99. The van der Waals surface area contributed by atoms with Gasteiger partial charge < -0.3 is 5.32 Å². The van der Waals surface area contributed by atoms with Crippen LogP contribution in [0.3, 0.4) is 0 Å². The average Bonchev–Trinajstić information content (AvgIpc) is 2.55. The lowest BCUT2D eigenvalue weighted by molar-refractivity contribution is 0.419. The molecular formula is C12H23N3. The van der Waals surface area contributed by atoms with Crippen LogP contribution in [0, 0.1) is 5.92 Å². The lowest BCUT2D eigenvalue weighted by Gasteiger charge is -2.17. The highest BCUT2D eigenvalue weighted by Crippen LogP contribution is 2.06. The fraction of sp³-hybridized carbons (Fsp3) is 0.750. The molecule has 1 aromatic rings. The van der Waals surface area contributed by atoms with Crippen LogP contribution in [0.25, 0.3) is 0 Å². The Morgan fingerprint density at radius 3 is 2.53 bits per heavy atom. The summed E-state index contributed by atoms with van der Waals surface area (Å²) in [5.74, 6) is 0.670. The van der Waals surface area contributed by atoms with Gasteiger partial charge in [0.15, 0.2) is 0 Å². The zero-order valence-corrected chi connectivity index (χ0v) is 10.5. The predicted molar refractivity (Wildman–Crippen MR) is 63.7 cm³/mol. The Bertz CT molecular complexity index is 302. The van der Waals surface area contributed by atoms with Crippen LogP contribution in [0.5, 0.6) is 0 Å². The highest BCUT2D eigenvalue weighted by atomic mass is 15.3. The second-order valence-electron chi connectivity index (χ2n) is 4.52. The van der Waals surface area contributed by atoms with Crippen molar-refractivity contribution >= 4 is 0 Å². The molecular weight excluding hydrogens is 186 g/mol. The van der Waals surface area contributed by atoms with Gasteiger partial charge in [0, 0.05) is 19.6 Å². The van der Waals surface area contributed by atoms with Gasteiger partial charge >= 0.3 is 0 Å². The molecule has 0 bridgehead atoms. The summed E-state index contributed by atoms with van der Waals surface area (Å²) in [6.07, 6.45) is 1.01. The normalized spacial score (nSPS) is 13.5. The fourth-order valence-corrected chi connectivity index (χ4v) is 1.41. The molecule has 3 heteroatoms. The van der Waals surface area contributed by atoms with Gasteiger partial charge in [-0.1, -0.05) is 20.8 Å². The summed E-state index contributed by atoms with van der Waals surface area (Å²) in [5.41, 5.74) is 2.44. The molecule has 0 aliphatic heterocycles. The molecule has 0 amide bonds. The molecule has 0 saturated heterocycles. The average molecular weight is 209 g/mol. The van der Waals surface area contributed by atoms with Crippen LogP contribution in [0.2, 0.25) is 0 Å². The zero-order chi connectivity index (χ0) is 11.4. The van der Waals surface area contributed by atoms with E-state index in [9.17, 15) is 0 Å². The van der Waals surface area contributed by atoms with Crippen molar-refractivity contribution in [1.29, 1.82) is 0 Å². The lowest BCUT2D eigenvalue weighted by Crippen LogP contribution is -2.30. The molecule has 1 rings (SSSR count). The van der Waals surface area contributed by atoms with Crippen LogP contribution >= 0.6 is 0 Å². The van der Waals surface area contributed by atoms with E-state index in [1.165, 1.54) is 11.4 Å². The van der Waals surface area contributed by atoms with Crippen molar-refractivity contribution in [1.82, 2.24) is 15.1 Å². The first-order valence-corrected chi connectivity index (χ1v) is 5.79. The van der Waals surface area contributed by atoms with E-state index in [-0.39, 0.29) is 0 Å². The SMILES string of the molecule is CCc1cc(CNC(C)C(C)C)n(C)n1. The molecule has 1 atom stereocenters. The summed E-state index contributed by atoms with van der Waals surface area (Å²) in [7, 11) is 2.01. The number of nitrogens with zero attached hydrogens (tertiary/aromatic N) is 2. The maximum atomic E-state index is 4.43. The molecule has 0 fully saturated rings. The molecule has 0 aliphatic rings. The van der Waals surface area contributed by atoms with Crippen LogP contribution in [0.1, 0.15) is 39.1 Å². The van der Waals surface area contributed by atoms with E-state index in [0.717, 1.165) is 13.0 Å². The largest absolute Gasteiger partial charge is 0.308 e. The van der Waals surface area contributed by atoms with Crippen molar-refractivity contribution in [2.45, 2.75) is 46.7 Å². The quantitative estimate of drug-likeness (QED) is 0.805. The van der Waals surface area contributed by atoms with Gasteiger partial charge in [0.05, 0.1) is 11.4 Å². The van der Waals surface area contributed by atoms with Gasteiger partial charge in [-0.25, -0.2) is 0 Å². The molecule has 3 nitrogen and oxygen atoms in total. The monoisotopic (exact) mass is 209 g/mol. The lowest BCUT2D eigenvalue weighted by atomic mass is 10.1. The van der Waals surface area contributed by atoms with Crippen molar-refractivity contribution in [2.24, 2.45) is 13.0 Å². The molecule has 1 unspecified atom stereocenters. The highest BCUT2D eigenvalue weighted by Gasteiger charge is 2.08. The summed E-state index contributed by atoms with van der Waals surface area (Å²) in [6.45, 7) is 9.73. The van der Waals surface area contributed by atoms with Gasteiger partial charge in [-0.15, -0.1) is 0 Å². The molecule has 1 aromatic heterocycles. The van der Waals surface area contributed by atoms with Crippen LogP contribution in [0.4, 0.5) is 0 Å². The summed E-state index contributed by atoms with van der Waals surface area (Å²) < 4.78 is 1.97. The van der Waals surface area contributed by atoms with Crippen molar-refractivity contribution in [3.63, 3.8) is 0 Å². The Morgan fingerprint density at radius 2 is 2.07 bits per heavy atom. The van der Waals surface area contributed by atoms with Crippen molar-refractivity contribution in [2.75, 3.05) is 0 Å². The maximum Gasteiger partial charge on any atom is 0.0625 e. The van der Waals surface area contributed by atoms with Gasteiger partial charge in [-0.3, -0.25) is 4.68 Å². The maximum absolute atomic E-state index is 4.43. The van der Waals surface area contributed by atoms with E-state index >= 15 is 0 Å². The first-order chi connectivity index (χ1) is 7.04. The van der Waals surface area contributed by atoms with E-state index in [1.807, 2.05) is 11.7 Å². The minimum absolute atomic E-state index is 0.546. The Kier molecular flexibility index (Phi) is 4.33. The minimum Gasteiger partial charge on any atom is -0.308 e. The van der Waals surface area contributed by atoms with E-state index < -0.39 is 0 Å². The third-order valence-corrected chi connectivity index (χ3v) is 2.99. The molecule has 0 aromatic carbocycles. The summed E-state index contributed by atoms with van der Waals surface area (Å²) >= 11 is 0. The molecule has 0 saturated carbocycles. The van der Waals surface area contributed by atoms with Crippen LogP contribution in [-0.4, -0.2) is 15.8 Å². The Hall–Kier alpha value is -0.830. The molecule has 0 radical (unpaired) electrons. The summed E-state index contributed by atoms with van der Waals surface area (Å²) in [6, 6.07) is 2.73. The second-order valence-corrected chi connectivity index (χ2v) is 4.52. The number of aromatic nitrogens is 2. The Labute approximate surface area is 92.9 Å². The van der Waals surface area contributed by atoms with E-state index in [2.05, 4.69) is 44.2 Å². The highest BCUT2D eigenvalue weighted by molar-refractivity contribution is 5.09. The Balaban J connectivity index is 2.53. The standard InChI is InChI=1S/C12H23N3/c1-6-11-7-12(15(5)14-11)8-13-10(4)9(2)3/h7,9-10,13H,6,8H2,1-5H3.